The molecule has 0 amide bonds. The largest absolute Gasteiger partial charge is 0.466 e. The predicted molar refractivity (Wildman–Crippen MR) is 93.6 cm³/mol. The summed E-state index contributed by atoms with van der Waals surface area (Å²) in [4.78, 5) is 25.5. The van der Waals surface area contributed by atoms with Crippen molar-refractivity contribution in [2.24, 2.45) is 0 Å². The fraction of sp³-hybridized carbons (Fsp3) is 0.143. The van der Waals surface area contributed by atoms with Gasteiger partial charge in [-0.15, -0.1) is 0 Å². The Morgan fingerprint density at radius 3 is 2.08 bits per heavy atom. The van der Waals surface area contributed by atoms with E-state index in [1.54, 1.807) is 56.3 Å². The van der Waals surface area contributed by atoms with Gasteiger partial charge in [0.25, 0.3) is 0 Å². The van der Waals surface area contributed by atoms with Gasteiger partial charge in [-0.25, -0.2) is 4.79 Å². The number of hydrogen-bond acceptors (Lipinski definition) is 4. The summed E-state index contributed by atoms with van der Waals surface area (Å²) >= 11 is 0. The average Bonchev–Trinajstić information content (AvgIpc) is 2.99. The number of carbonyl (C=O) groups is 2. The van der Waals surface area contributed by atoms with E-state index >= 15 is 0 Å². The summed E-state index contributed by atoms with van der Waals surface area (Å²) < 4.78 is 11.0. The summed E-state index contributed by atoms with van der Waals surface area (Å²) in [6.45, 7) is 3.45. The van der Waals surface area contributed by atoms with Crippen molar-refractivity contribution in [1.29, 1.82) is 0 Å². The van der Waals surface area contributed by atoms with Gasteiger partial charge >= 0.3 is 5.97 Å². The number of hydrogen-bond donors (Lipinski definition) is 0. The molecule has 126 valence electrons. The van der Waals surface area contributed by atoms with Crippen LogP contribution < -0.4 is 0 Å². The zero-order chi connectivity index (χ0) is 17.8. The molecule has 1 unspecified atom stereocenters. The second-order valence-electron chi connectivity index (χ2n) is 5.75. The molecule has 4 heteroatoms. The van der Waals surface area contributed by atoms with Crippen LogP contribution in [0.3, 0.4) is 0 Å². The molecule has 25 heavy (non-hydrogen) atoms. The average molecular weight is 334 g/mol. The highest BCUT2D eigenvalue weighted by atomic mass is 16.5. The molecule has 0 aliphatic carbocycles. The number of Topliss-reactive ketones (excluding diaryl/α,β-unsaturated/α-hetero) is 1. The van der Waals surface area contributed by atoms with Crippen LogP contribution in [-0.4, -0.2) is 11.8 Å². The molecule has 0 saturated heterocycles. The van der Waals surface area contributed by atoms with E-state index in [0.717, 1.165) is 0 Å². The summed E-state index contributed by atoms with van der Waals surface area (Å²) in [6.07, 6.45) is -1.01. The van der Waals surface area contributed by atoms with Gasteiger partial charge in [0.05, 0.1) is 0 Å². The lowest BCUT2D eigenvalue weighted by molar-refractivity contribution is 0.0278. The van der Waals surface area contributed by atoms with Crippen molar-refractivity contribution in [3.8, 4) is 0 Å². The topological polar surface area (TPSA) is 56.5 Å². The molecule has 1 heterocycles. The zero-order valence-corrected chi connectivity index (χ0v) is 14.1. The van der Waals surface area contributed by atoms with Crippen LogP contribution in [0.25, 0.3) is 0 Å². The molecule has 3 rings (SSSR count). The molecule has 0 aliphatic heterocycles. The summed E-state index contributed by atoms with van der Waals surface area (Å²) in [6, 6.07) is 19.4. The van der Waals surface area contributed by atoms with Crippen molar-refractivity contribution in [2.45, 2.75) is 20.0 Å². The Morgan fingerprint density at radius 2 is 1.52 bits per heavy atom. The number of benzene rings is 2. The predicted octanol–water partition coefficient (Wildman–Crippen LogP) is 4.68. The molecule has 0 aliphatic rings. The van der Waals surface area contributed by atoms with E-state index in [1.807, 2.05) is 24.3 Å². The normalized spacial score (nSPS) is 11.8. The monoisotopic (exact) mass is 334 g/mol. The first-order valence-corrected chi connectivity index (χ1v) is 7.98. The maximum Gasteiger partial charge on any atom is 0.342 e. The molecule has 4 nitrogen and oxygen atoms in total. The quantitative estimate of drug-likeness (QED) is 0.502. The lowest BCUT2D eigenvalue weighted by atomic mass is 10.00. The van der Waals surface area contributed by atoms with Crippen LogP contribution in [0.4, 0.5) is 0 Å². The van der Waals surface area contributed by atoms with Gasteiger partial charge < -0.3 is 9.15 Å². The standard InChI is InChI=1S/C21H18O4/c1-14-13-18(15(2)24-14)21(23)25-20(17-11-7-4-8-12-17)19(22)16-9-5-3-6-10-16/h3-13,20H,1-2H3. The number of esters is 1. The van der Waals surface area contributed by atoms with Crippen molar-refractivity contribution in [3.63, 3.8) is 0 Å². The van der Waals surface area contributed by atoms with Crippen LogP contribution in [0, 0.1) is 13.8 Å². The number of furan rings is 1. The molecule has 0 spiro atoms. The van der Waals surface area contributed by atoms with Gasteiger partial charge in [0.1, 0.15) is 17.1 Å². The number of aryl methyl sites for hydroxylation is 2. The van der Waals surface area contributed by atoms with Crippen molar-refractivity contribution in [2.75, 3.05) is 0 Å². The van der Waals surface area contributed by atoms with Crippen molar-refractivity contribution < 1.29 is 18.7 Å². The molecule has 2 aromatic carbocycles. The van der Waals surface area contributed by atoms with E-state index in [2.05, 4.69) is 0 Å². The minimum absolute atomic E-state index is 0.266. The van der Waals surface area contributed by atoms with E-state index in [0.29, 0.717) is 28.2 Å². The molecule has 0 bridgehead atoms. The lowest BCUT2D eigenvalue weighted by Crippen LogP contribution is -2.20. The zero-order valence-electron chi connectivity index (χ0n) is 14.1. The van der Waals surface area contributed by atoms with Gasteiger partial charge in [-0.3, -0.25) is 4.79 Å². The van der Waals surface area contributed by atoms with Gasteiger partial charge in [0.15, 0.2) is 6.10 Å². The van der Waals surface area contributed by atoms with E-state index in [-0.39, 0.29) is 5.78 Å². The van der Waals surface area contributed by atoms with Crippen LogP contribution in [-0.2, 0) is 4.74 Å². The van der Waals surface area contributed by atoms with Crippen molar-refractivity contribution >= 4 is 11.8 Å². The molecule has 1 atom stereocenters. The Morgan fingerprint density at radius 1 is 0.920 bits per heavy atom. The highest BCUT2D eigenvalue weighted by Crippen LogP contribution is 2.25. The van der Waals surface area contributed by atoms with E-state index in [4.69, 9.17) is 9.15 Å². The van der Waals surface area contributed by atoms with Crippen LogP contribution in [0.15, 0.2) is 71.1 Å². The maximum absolute atomic E-state index is 12.9. The van der Waals surface area contributed by atoms with Gasteiger partial charge in [0, 0.05) is 11.1 Å². The van der Waals surface area contributed by atoms with Crippen molar-refractivity contribution in [1.82, 2.24) is 0 Å². The Balaban J connectivity index is 1.93. The third-order valence-electron chi connectivity index (χ3n) is 3.88. The lowest BCUT2D eigenvalue weighted by Gasteiger charge is -2.17. The molecule has 0 saturated carbocycles. The van der Waals surface area contributed by atoms with Gasteiger partial charge in [-0.05, 0) is 19.9 Å². The minimum atomic E-state index is -1.01. The third kappa shape index (κ3) is 3.69. The molecular formula is C21H18O4. The number of ether oxygens (including phenoxy) is 1. The van der Waals surface area contributed by atoms with Crippen LogP contribution in [0.2, 0.25) is 0 Å². The summed E-state index contributed by atoms with van der Waals surface area (Å²) in [5, 5.41) is 0. The van der Waals surface area contributed by atoms with Crippen LogP contribution >= 0.6 is 0 Å². The third-order valence-corrected chi connectivity index (χ3v) is 3.88. The molecule has 1 aromatic heterocycles. The second kappa shape index (κ2) is 7.18. The first-order chi connectivity index (χ1) is 12.1. The fourth-order valence-electron chi connectivity index (χ4n) is 2.66. The highest BCUT2D eigenvalue weighted by molar-refractivity contribution is 6.02. The van der Waals surface area contributed by atoms with E-state index in [9.17, 15) is 9.59 Å². The minimum Gasteiger partial charge on any atom is -0.466 e. The molecular weight excluding hydrogens is 316 g/mol. The van der Waals surface area contributed by atoms with Gasteiger partial charge in [-0.1, -0.05) is 60.7 Å². The summed E-state index contributed by atoms with van der Waals surface area (Å²) in [7, 11) is 0. The molecule has 0 radical (unpaired) electrons. The number of carbonyl (C=O) groups excluding carboxylic acids is 2. The van der Waals surface area contributed by atoms with Crippen molar-refractivity contribution in [3.05, 3.63) is 94.9 Å². The Bertz CT molecular complexity index is 879. The number of ketones is 1. The number of rotatable bonds is 5. The molecule has 0 N–H and O–H groups in total. The fourth-order valence-corrected chi connectivity index (χ4v) is 2.66. The van der Waals surface area contributed by atoms with E-state index < -0.39 is 12.1 Å². The SMILES string of the molecule is Cc1cc(C(=O)OC(C(=O)c2ccccc2)c2ccccc2)c(C)o1. The summed E-state index contributed by atoms with van der Waals surface area (Å²) in [5.41, 5.74) is 1.45. The van der Waals surface area contributed by atoms with Gasteiger partial charge in [0.2, 0.25) is 5.78 Å². The van der Waals surface area contributed by atoms with Crippen LogP contribution in [0.1, 0.15) is 43.9 Å². The van der Waals surface area contributed by atoms with E-state index in [1.165, 1.54) is 0 Å². The Labute approximate surface area is 146 Å². The molecule has 3 aromatic rings. The first kappa shape index (κ1) is 16.7. The Kier molecular flexibility index (Phi) is 4.80. The molecule has 0 fully saturated rings. The van der Waals surface area contributed by atoms with Gasteiger partial charge in [-0.2, -0.15) is 0 Å². The smallest absolute Gasteiger partial charge is 0.342 e. The summed E-state index contributed by atoms with van der Waals surface area (Å²) in [5.74, 6) is 0.252. The first-order valence-electron chi connectivity index (χ1n) is 7.98. The maximum atomic E-state index is 12.9. The second-order valence-corrected chi connectivity index (χ2v) is 5.75. The Hall–Kier alpha value is -3.14. The highest BCUT2D eigenvalue weighted by Gasteiger charge is 2.28. The van der Waals surface area contributed by atoms with Crippen LogP contribution in [0.5, 0.6) is 0 Å².